The van der Waals surface area contributed by atoms with Crippen molar-refractivity contribution < 1.29 is 14.3 Å². The molecule has 1 N–H and O–H groups in total. The standard InChI is InChI=1S/C23H21N3O3/c1-16-2-7-20-21(12-16)29-23(28)15-26(20)14-22(27)25-19-5-3-17(4-6-19)13-18-8-10-24-11-9-18/h2-12H,13-15H2,1H3,(H,25,27). The number of carbonyl (C=O) groups excluding carboxylic acids is 2. The molecular formula is C23H21N3O3. The molecule has 0 fully saturated rings. The van der Waals surface area contributed by atoms with E-state index in [1.165, 1.54) is 5.56 Å². The number of ether oxygens (including phenoxy) is 1. The Morgan fingerprint density at radius 3 is 2.55 bits per heavy atom. The van der Waals surface area contributed by atoms with Gasteiger partial charge in [0, 0.05) is 18.1 Å². The van der Waals surface area contributed by atoms with Gasteiger partial charge in [0.1, 0.15) is 6.54 Å². The molecule has 0 radical (unpaired) electrons. The number of carbonyl (C=O) groups is 2. The van der Waals surface area contributed by atoms with Crippen LogP contribution in [0.5, 0.6) is 5.75 Å². The van der Waals surface area contributed by atoms with Crippen molar-refractivity contribution in [2.45, 2.75) is 13.3 Å². The van der Waals surface area contributed by atoms with Crippen LogP contribution in [0, 0.1) is 6.92 Å². The number of hydrogen-bond donors (Lipinski definition) is 1. The van der Waals surface area contributed by atoms with Crippen LogP contribution in [-0.4, -0.2) is 29.9 Å². The van der Waals surface area contributed by atoms with Gasteiger partial charge in [-0.3, -0.25) is 9.78 Å². The van der Waals surface area contributed by atoms with Crippen LogP contribution in [0.1, 0.15) is 16.7 Å². The van der Waals surface area contributed by atoms with Crippen molar-refractivity contribution in [1.29, 1.82) is 0 Å². The molecule has 1 amide bonds. The maximum absolute atomic E-state index is 12.5. The van der Waals surface area contributed by atoms with E-state index in [0.717, 1.165) is 28.9 Å². The zero-order chi connectivity index (χ0) is 20.2. The van der Waals surface area contributed by atoms with Gasteiger partial charge in [0.2, 0.25) is 5.91 Å². The number of nitrogens with one attached hydrogen (secondary N) is 1. The number of nitrogens with zero attached hydrogens (tertiary/aromatic N) is 2. The molecule has 146 valence electrons. The lowest BCUT2D eigenvalue weighted by atomic mass is 10.1. The molecule has 1 aromatic heterocycles. The monoisotopic (exact) mass is 387 g/mol. The zero-order valence-electron chi connectivity index (χ0n) is 16.1. The van der Waals surface area contributed by atoms with Gasteiger partial charge < -0.3 is 15.0 Å². The number of anilines is 2. The minimum Gasteiger partial charge on any atom is -0.423 e. The third kappa shape index (κ3) is 4.60. The average molecular weight is 387 g/mol. The Hall–Kier alpha value is -3.67. The first-order chi connectivity index (χ1) is 14.1. The third-order valence-corrected chi connectivity index (χ3v) is 4.73. The van der Waals surface area contributed by atoms with Crippen molar-refractivity contribution in [3.63, 3.8) is 0 Å². The fraction of sp³-hybridized carbons (Fsp3) is 0.174. The van der Waals surface area contributed by atoms with Crippen molar-refractivity contribution in [2.24, 2.45) is 0 Å². The second kappa shape index (κ2) is 8.14. The summed E-state index contributed by atoms with van der Waals surface area (Å²) in [5.41, 5.74) is 4.80. The summed E-state index contributed by atoms with van der Waals surface area (Å²) >= 11 is 0. The lowest BCUT2D eigenvalue weighted by molar-refractivity contribution is -0.133. The number of benzene rings is 2. The van der Waals surface area contributed by atoms with Crippen LogP contribution in [0.2, 0.25) is 0 Å². The summed E-state index contributed by atoms with van der Waals surface area (Å²) in [6.45, 7) is 2.05. The van der Waals surface area contributed by atoms with E-state index in [1.807, 2.05) is 55.5 Å². The van der Waals surface area contributed by atoms with Crippen LogP contribution in [-0.2, 0) is 16.0 Å². The Labute approximate surface area is 169 Å². The SMILES string of the molecule is Cc1ccc2c(c1)OC(=O)CN2CC(=O)Nc1ccc(Cc2ccncc2)cc1. The number of aromatic nitrogens is 1. The largest absolute Gasteiger partial charge is 0.423 e. The molecule has 3 aromatic rings. The second-order valence-electron chi connectivity index (χ2n) is 7.08. The van der Waals surface area contributed by atoms with Gasteiger partial charge in [-0.2, -0.15) is 0 Å². The molecule has 1 aliphatic heterocycles. The third-order valence-electron chi connectivity index (χ3n) is 4.73. The highest BCUT2D eigenvalue weighted by atomic mass is 16.5. The van der Waals surface area contributed by atoms with E-state index in [0.29, 0.717) is 5.75 Å². The Bertz CT molecular complexity index is 1030. The molecule has 29 heavy (non-hydrogen) atoms. The number of amides is 1. The minimum absolute atomic E-state index is 0.0500. The molecule has 6 heteroatoms. The van der Waals surface area contributed by atoms with Gasteiger partial charge in [0.25, 0.3) is 0 Å². The highest BCUT2D eigenvalue weighted by Gasteiger charge is 2.25. The van der Waals surface area contributed by atoms with Gasteiger partial charge in [0.05, 0.1) is 12.2 Å². The number of pyridine rings is 1. The molecule has 0 saturated carbocycles. The van der Waals surface area contributed by atoms with Crippen molar-refractivity contribution >= 4 is 23.3 Å². The topological polar surface area (TPSA) is 71.5 Å². The van der Waals surface area contributed by atoms with Crippen LogP contribution in [0.4, 0.5) is 11.4 Å². The molecule has 0 aliphatic carbocycles. The summed E-state index contributed by atoms with van der Waals surface area (Å²) in [6, 6.07) is 17.3. The summed E-state index contributed by atoms with van der Waals surface area (Å²) in [5, 5.41) is 2.89. The predicted octanol–water partition coefficient (Wildman–Crippen LogP) is 3.34. The number of fused-ring (bicyclic) bond motifs is 1. The smallest absolute Gasteiger partial charge is 0.331 e. The Balaban J connectivity index is 1.39. The van der Waals surface area contributed by atoms with E-state index in [-0.39, 0.29) is 25.0 Å². The molecule has 0 saturated heterocycles. The molecule has 4 rings (SSSR count). The first kappa shape index (κ1) is 18.7. The molecule has 2 heterocycles. The van der Waals surface area contributed by atoms with E-state index in [4.69, 9.17) is 4.74 Å². The molecular weight excluding hydrogens is 366 g/mol. The van der Waals surface area contributed by atoms with Gasteiger partial charge >= 0.3 is 5.97 Å². The van der Waals surface area contributed by atoms with Gasteiger partial charge in [-0.25, -0.2) is 4.79 Å². The average Bonchev–Trinajstić information content (AvgIpc) is 2.70. The first-order valence-corrected chi connectivity index (χ1v) is 9.41. The van der Waals surface area contributed by atoms with Crippen molar-refractivity contribution in [1.82, 2.24) is 4.98 Å². The molecule has 6 nitrogen and oxygen atoms in total. The van der Waals surface area contributed by atoms with Crippen molar-refractivity contribution in [2.75, 3.05) is 23.3 Å². The second-order valence-corrected chi connectivity index (χ2v) is 7.08. The van der Waals surface area contributed by atoms with Gasteiger partial charge in [0.15, 0.2) is 5.75 Å². The van der Waals surface area contributed by atoms with Crippen LogP contribution in [0.3, 0.4) is 0 Å². The molecule has 1 aliphatic rings. The van der Waals surface area contributed by atoms with Crippen LogP contribution >= 0.6 is 0 Å². The van der Waals surface area contributed by atoms with E-state index < -0.39 is 0 Å². The Kier molecular flexibility index (Phi) is 5.24. The summed E-state index contributed by atoms with van der Waals surface area (Å²) in [6.07, 6.45) is 4.36. The van der Waals surface area contributed by atoms with E-state index >= 15 is 0 Å². The summed E-state index contributed by atoms with van der Waals surface area (Å²) in [4.78, 5) is 30.2. The summed E-state index contributed by atoms with van der Waals surface area (Å²) in [7, 11) is 0. The highest BCUT2D eigenvalue weighted by molar-refractivity contribution is 5.96. The Morgan fingerprint density at radius 1 is 1.07 bits per heavy atom. The molecule has 0 unspecified atom stereocenters. The lowest BCUT2D eigenvalue weighted by Crippen LogP contribution is -2.41. The predicted molar refractivity (Wildman–Crippen MR) is 111 cm³/mol. The number of esters is 1. The van der Waals surface area contributed by atoms with Gasteiger partial charge in [-0.1, -0.05) is 18.2 Å². The van der Waals surface area contributed by atoms with Crippen LogP contribution in [0.15, 0.2) is 67.0 Å². The van der Waals surface area contributed by atoms with Crippen LogP contribution < -0.4 is 15.0 Å². The summed E-state index contributed by atoms with van der Waals surface area (Å²) < 4.78 is 5.29. The Morgan fingerprint density at radius 2 is 1.79 bits per heavy atom. The first-order valence-electron chi connectivity index (χ1n) is 9.41. The molecule has 0 atom stereocenters. The van der Waals surface area contributed by atoms with Gasteiger partial charge in [-0.15, -0.1) is 0 Å². The quantitative estimate of drug-likeness (QED) is 0.537. The number of rotatable bonds is 5. The van der Waals surface area contributed by atoms with E-state index in [1.54, 1.807) is 23.4 Å². The molecule has 2 aromatic carbocycles. The molecule has 0 spiro atoms. The molecule has 0 bridgehead atoms. The van der Waals surface area contributed by atoms with Gasteiger partial charge in [-0.05, 0) is 66.4 Å². The zero-order valence-corrected chi connectivity index (χ0v) is 16.1. The fourth-order valence-corrected chi connectivity index (χ4v) is 3.32. The van der Waals surface area contributed by atoms with Crippen LogP contribution in [0.25, 0.3) is 0 Å². The maximum Gasteiger partial charge on any atom is 0.331 e. The maximum atomic E-state index is 12.5. The van der Waals surface area contributed by atoms with Crippen molar-refractivity contribution in [3.05, 3.63) is 83.7 Å². The van der Waals surface area contributed by atoms with Crippen molar-refractivity contribution in [3.8, 4) is 5.75 Å². The number of aryl methyl sites for hydroxylation is 1. The summed E-state index contributed by atoms with van der Waals surface area (Å²) in [5.74, 6) is -0.0565. The lowest BCUT2D eigenvalue weighted by Gasteiger charge is -2.29. The minimum atomic E-state index is -0.364. The fourth-order valence-electron chi connectivity index (χ4n) is 3.32. The highest BCUT2D eigenvalue weighted by Crippen LogP contribution is 2.32. The van der Waals surface area contributed by atoms with E-state index in [9.17, 15) is 9.59 Å². The number of hydrogen-bond acceptors (Lipinski definition) is 5. The van der Waals surface area contributed by atoms with E-state index in [2.05, 4.69) is 10.3 Å². The normalized spacial score (nSPS) is 12.9.